The maximum Gasteiger partial charge on any atom is 0.189 e. The lowest BCUT2D eigenvalue weighted by Crippen LogP contribution is -2.40. The topological polar surface area (TPSA) is 98.0 Å². The fourth-order valence-electron chi connectivity index (χ4n) is 0.471. The van der Waals surface area contributed by atoms with Gasteiger partial charge in [0.15, 0.2) is 5.78 Å². The minimum Gasteiger partial charge on any atom is -0.388 e. The van der Waals surface area contributed by atoms with E-state index in [1.807, 2.05) is 9.24 Å². The molecule has 0 saturated carbocycles. The van der Waals surface area contributed by atoms with E-state index in [-0.39, 0.29) is 0 Å². The van der Waals surface area contributed by atoms with Gasteiger partial charge in [-0.1, -0.05) is 0 Å². The van der Waals surface area contributed by atoms with Crippen LogP contribution in [-0.2, 0) is 4.79 Å². The van der Waals surface area contributed by atoms with E-state index in [0.717, 1.165) is 0 Å². The second kappa shape index (κ2) is 4.74. The summed E-state index contributed by atoms with van der Waals surface area (Å²) in [5, 5.41) is 34.5. The first-order valence-electron chi connectivity index (χ1n) is 2.94. The summed E-state index contributed by atoms with van der Waals surface area (Å²) in [6, 6.07) is 0. The molecular weight excluding hydrogens is 171 g/mol. The van der Waals surface area contributed by atoms with Crippen molar-refractivity contribution in [3.63, 3.8) is 0 Å². The van der Waals surface area contributed by atoms with E-state index in [0.29, 0.717) is 0 Å². The Morgan fingerprint density at radius 3 is 2.09 bits per heavy atom. The highest BCUT2D eigenvalue weighted by molar-refractivity contribution is 7.17. The van der Waals surface area contributed by atoms with Crippen LogP contribution in [0.15, 0.2) is 0 Å². The van der Waals surface area contributed by atoms with E-state index < -0.39 is 30.4 Å². The van der Waals surface area contributed by atoms with Gasteiger partial charge in [-0.15, -0.1) is 9.24 Å². The van der Waals surface area contributed by atoms with Crippen molar-refractivity contribution in [2.75, 3.05) is 6.61 Å². The third kappa shape index (κ3) is 3.22. The zero-order valence-corrected chi connectivity index (χ0v) is 6.87. The van der Waals surface area contributed by atoms with Gasteiger partial charge in [-0.05, 0) is 0 Å². The van der Waals surface area contributed by atoms with Crippen molar-refractivity contribution in [3.05, 3.63) is 0 Å². The molecule has 0 bridgehead atoms. The molecule has 0 heterocycles. The number of aliphatic hydroxyl groups excluding tert-OH is 4. The molecule has 0 amide bonds. The van der Waals surface area contributed by atoms with Crippen molar-refractivity contribution in [2.24, 2.45) is 0 Å². The normalized spacial score (nSPS) is 19.0. The third-order valence-corrected chi connectivity index (χ3v) is 1.55. The summed E-state index contributed by atoms with van der Waals surface area (Å²) >= 11 is 0. The first-order chi connectivity index (χ1) is 5.00. The van der Waals surface area contributed by atoms with Gasteiger partial charge < -0.3 is 20.4 Å². The fourth-order valence-corrected chi connectivity index (χ4v) is 0.681. The van der Waals surface area contributed by atoms with E-state index in [2.05, 4.69) is 0 Å². The highest BCUT2D eigenvalue weighted by Gasteiger charge is 2.26. The molecule has 0 aliphatic carbocycles. The number of carbonyl (C=O) groups excluding carboxylic acids is 1. The first-order valence-corrected chi connectivity index (χ1v) is 3.60. The standard InChI is InChI=1S/C5H11O5P/c6-1-2(7)3(8)4(9)5(10)11/h3-6,8-10H,1,11H2. The average molecular weight is 182 g/mol. The predicted molar refractivity (Wildman–Crippen MR) is 39.8 cm³/mol. The number of hydrogen-bond acceptors (Lipinski definition) is 5. The molecule has 66 valence electrons. The van der Waals surface area contributed by atoms with Gasteiger partial charge >= 0.3 is 0 Å². The Bertz CT molecular complexity index is 137. The monoisotopic (exact) mass is 182 g/mol. The molecule has 0 aromatic heterocycles. The van der Waals surface area contributed by atoms with Gasteiger partial charge in [-0.3, -0.25) is 4.79 Å². The summed E-state index contributed by atoms with van der Waals surface area (Å²) in [5.74, 6) is -2.19. The van der Waals surface area contributed by atoms with Crippen LogP contribution in [0.1, 0.15) is 0 Å². The summed E-state index contributed by atoms with van der Waals surface area (Å²) in [6.45, 7) is -0.852. The van der Waals surface area contributed by atoms with Crippen molar-refractivity contribution in [1.29, 1.82) is 0 Å². The second-order valence-corrected chi connectivity index (χ2v) is 2.73. The van der Waals surface area contributed by atoms with E-state index in [9.17, 15) is 4.79 Å². The number of rotatable bonds is 4. The van der Waals surface area contributed by atoms with Crippen LogP contribution in [0, 0.1) is 0 Å². The smallest absolute Gasteiger partial charge is 0.189 e. The predicted octanol–water partition coefficient (Wildman–Crippen LogP) is -2.54. The molecule has 4 atom stereocenters. The van der Waals surface area contributed by atoms with Crippen LogP contribution in [0.25, 0.3) is 0 Å². The van der Waals surface area contributed by atoms with E-state index in [1.165, 1.54) is 0 Å². The molecule has 0 aliphatic heterocycles. The van der Waals surface area contributed by atoms with Gasteiger partial charge in [0, 0.05) is 0 Å². The van der Waals surface area contributed by atoms with Crippen LogP contribution < -0.4 is 0 Å². The Morgan fingerprint density at radius 1 is 1.36 bits per heavy atom. The maximum atomic E-state index is 10.5. The molecule has 0 aliphatic rings. The van der Waals surface area contributed by atoms with Crippen molar-refractivity contribution < 1.29 is 25.2 Å². The Hall–Kier alpha value is -0.0600. The average Bonchev–Trinajstić information content (AvgIpc) is 2.00. The molecule has 0 fully saturated rings. The fraction of sp³-hybridized carbons (Fsp3) is 0.800. The van der Waals surface area contributed by atoms with Gasteiger partial charge in [0.2, 0.25) is 0 Å². The number of aliphatic hydroxyl groups is 4. The molecule has 4 unspecified atom stereocenters. The lowest BCUT2D eigenvalue weighted by molar-refractivity contribution is -0.138. The largest absolute Gasteiger partial charge is 0.388 e. The van der Waals surface area contributed by atoms with E-state index in [4.69, 9.17) is 20.4 Å². The Balaban J connectivity index is 4.01. The molecule has 6 heteroatoms. The number of hydrogen-bond donors (Lipinski definition) is 4. The lowest BCUT2D eigenvalue weighted by atomic mass is 10.1. The maximum absolute atomic E-state index is 10.5. The van der Waals surface area contributed by atoms with Crippen LogP contribution in [0.5, 0.6) is 0 Å². The van der Waals surface area contributed by atoms with Crippen molar-refractivity contribution in [3.8, 4) is 0 Å². The minimum absolute atomic E-state index is 0.852. The van der Waals surface area contributed by atoms with E-state index in [1.54, 1.807) is 0 Å². The first kappa shape index (κ1) is 10.9. The number of Topliss-reactive ketones (excluding diaryl/α,β-unsaturated/α-hetero) is 1. The Labute approximate surface area is 65.9 Å². The van der Waals surface area contributed by atoms with Crippen molar-refractivity contribution >= 4 is 15.0 Å². The molecule has 0 aromatic carbocycles. The molecule has 5 nitrogen and oxygen atoms in total. The minimum atomic E-state index is -1.73. The van der Waals surface area contributed by atoms with Gasteiger partial charge in [-0.2, -0.15) is 0 Å². The lowest BCUT2D eigenvalue weighted by Gasteiger charge is -2.17. The van der Waals surface area contributed by atoms with Crippen LogP contribution in [0.2, 0.25) is 0 Å². The Kier molecular flexibility index (Phi) is 4.72. The molecule has 0 spiro atoms. The highest BCUT2D eigenvalue weighted by Crippen LogP contribution is 2.06. The number of carbonyl (C=O) groups is 1. The summed E-state index contributed by atoms with van der Waals surface area (Å²) in [5.41, 5.74) is 0. The molecule has 11 heavy (non-hydrogen) atoms. The van der Waals surface area contributed by atoms with Gasteiger partial charge in [0.1, 0.15) is 18.8 Å². The van der Waals surface area contributed by atoms with Crippen LogP contribution >= 0.6 is 9.24 Å². The molecule has 0 saturated heterocycles. The zero-order chi connectivity index (χ0) is 9.02. The second-order valence-electron chi connectivity index (χ2n) is 2.05. The SMILES string of the molecule is O=C(CO)C(O)C(O)C(O)P. The highest BCUT2D eigenvalue weighted by atomic mass is 31.0. The molecule has 0 rings (SSSR count). The number of ketones is 1. The van der Waals surface area contributed by atoms with Crippen molar-refractivity contribution in [1.82, 2.24) is 0 Å². The van der Waals surface area contributed by atoms with Crippen LogP contribution in [0.4, 0.5) is 0 Å². The molecule has 0 radical (unpaired) electrons. The van der Waals surface area contributed by atoms with Gasteiger partial charge in [-0.25, -0.2) is 0 Å². The summed E-state index contributed by atoms with van der Waals surface area (Å²) in [6.07, 6.45) is -3.30. The quantitative estimate of drug-likeness (QED) is 0.359. The van der Waals surface area contributed by atoms with Crippen molar-refractivity contribution in [2.45, 2.75) is 18.1 Å². The van der Waals surface area contributed by atoms with Crippen LogP contribution in [-0.4, -0.2) is 50.9 Å². The van der Waals surface area contributed by atoms with Gasteiger partial charge in [0.25, 0.3) is 0 Å². The summed E-state index contributed by atoms with van der Waals surface area (Å²) < 4.78 is 0. The zero-order valence-electron chi connectivity index (χ0n) is 5.71. The van der Waals surface area contributed by atoms with Crippen LogP contribution in [0.3, 0.4) is 0 Å². The Morgan fingerprint density at radius 2 is 1.82 bits per heavy atom. The summed E-state index contributed by atoms with van der Waals surface area (Å²) in [7, 11) is 1.82. The molecular formula is C5H11O5P. The van der Waals surface area contributed by atoms with E-state index >= 15 is 0 Å². The summed E-state index contributed by atoms with van der Waals surface area (Å²) in [4.78, 5) is 10.5. The van der Waals surface area contributed by atoms with Gasteiger partial charge in [0.05, 0.1) is 5.85 Å². The molecule has 0 aromatic rings. The molecule has 4 N–H and O–H groups in total. The third-order valence-electron chi connectivity index (χ3n) is 1.16.